The van der Waals surface area contributed by atoms with E-state index in [2.05, 4.69) is 26.0 Å². The van der Waals surface area contributed by atoms with Gasteiger partial charge in [-0.05, 0) is 66.2 Å². The van der Waals surface area contributed by atoms with Crippen molar-refractivity contribution in [2.45, 2.75) is 55.6 Å². The third-order valence-corrected chi connectivity index (χ3v) is 6.57. The van der Waals surface area contributed by atoms with E-state index in [9.17, 15) is 12.8 Å². The summed E-state index contributed by atoms with van der Waals surface area (Å²) in [6, 6.07) is 3.36. The summed E-state index contributed by atoms with van der Waals surface area (Å²) >= 11 is 3.05. The molecule has 1 aromatic rings. The third-order valence-electron chi connectivity index (χ3n) is 4.30. The molecule has 2 aliphatic rings. The van der Waals surface area contributed by atoms with E-state index in [1.807, 2.05) is 0 Å². The summed E-state index contributed by atoms with van der Waals surface area (Å²) in [4.78, 5) is 0.140. The van der Waals surface area contributed by atoms with Crippen LogP contribution in [0.25, 0.3) is 0 Å². The van der Waals surface area contributed by atoms with Crippen LogP contribution in [0, 0.1) is 12.7 Å². The van der Waals surface area contributed by atoms with Gasteiger partial charge in [0.25, 0.3) is 0 Å². The molecule has 0 spiro atoms. The topological polar surface area (TPSA) is 58.2 Å². The SMILES string of the molecule is Cc1cc(F)c(Br)cc1S(=O)(=O)NC1CC2CCC(C1)N2.Cl. The highest BCUT2D eigenvalue weighted by Gasteiger charge is 2.35. The molecule has 4 nitrogen and oxygen atoms in total. The summed E-state index contributed by atoms with van der Waals surface area (Å²) in [7, 11) is -3.62. The van der Waals surface area contributed by atoms with E-state index >= 15 is 0 Å². The molecule has 0 amide bonds. The van der Waals surface area contributed by atoms with Crippen LogP contribution < -0.4 is 10.0 Å². The zero-order valence-corrected chi connectivity index (χ0v) is 15.3. The highest BCUT2D eigenvalue weighted by Crippen LogP contribution is 2.29. The fourth-order valence-corrected chi connectivity index (χ4v) is 5.36. The van der Waals surface area contributed by atoms with Gasteiger partial charge in [-0.15, -0.1) is 12.4 Å². The smallest absolute Gasteiger partial charge is 0.241 e. The molecule has 1 aromatic carbocycles. The normalized spacial score (nSPS) is 27.5. The van der Waals surface area contributed by atoms with E-state index in [4.69, 9.17) is 0 Å². The number of fused-ring (bicyclic) bond motifs is 2. The van der Waals surface area contributed by atoms with Gasteiger partial charge in [-0.25, -0.2) is 17.5 Å². The molecule has 0 aromatic heterocycles. The third kappa shape index (κ3) is 3.64. The number of hydrogen-bond donors (Lipinski definition) is 2. The Morgan fingerprint density at radius 1 is 1.27 bits per heavy atom. The van der Waals surface area contributed by atoms with Gasteiger partial charge in [-0.1, -0.05) is 0 Å². The monoisotopic (exact) mass is 412 g/mol. The van der Waals surface area contributed by atoms with Crippen LogP contribution in [-0.2, 0) is 10.0 Å². The highest BCUT2D eigenvalue weighted by molar-refractivity contribution is 9.10. The zero-order chi connectivity index (χ0) is 15.2. The number of nitrogens with one attached hydrogen (secondary N) is 2. The lowest BCUT2D eigenvalue weighted by molar-refractivity contribution is 0.345. The van der Waals surface area contributed by atoms with Gasteiger partial charge >= 0.3 is 0 Å². The number of hydrogen-bond acceptors (Lipinski definition) is 3. The second kappa shape index (κ2) is 6.73. The summed E-state index contributed by atoms with van der Waals surface area (Å²) in [6.07, 6.45) is 3.86. The molecule has 2 fully saturated rings. The van der Waals surface area contributed by atoms with Crippen molar-refractivity contribution in [2.24, 2.45) is 0 Å². The van der Waals surface area contributed by atoms with Gasteiger partial charge in [0.15, 0.2) is 0 Å². The minimum Gasteiger partial charge on any atom is -0.311 e. The molecule has 2 saturated heterocycles. The number of halogens is 3. The predicted octanol–water partition coefficient (Wildman–Crippen LogP) is 2.88. The molecule has 2 aliphatic heterocycles. The Balaban J connectivity index is 0.00000176. The van der Waals surface area contributed by atoms with Gasteiger partial charge in [-0.2, -0.15) is 0 Å². The maximum atomic E-state index is 13.4. The minimum absolute atomic E-state index is 0. The molecule has 2 bridgehead atoms. The lowest BCUT2D eigenvalue weighted by atomic mass is 10.0. The predicted molar refractivity (Wildman–Crippen MR) is 89.4 cm³/mol. The molecule has 0 radical (unpaired) electrons. The number of aryl methyl sites for hydroxylation is 1. The first kappa shape index (κ1) is 18.1. The van der Waals surface area contributed by atoms with Gasteiger partial charge in [0.2, 0.25) is 10.0 Å². The van der Waals surface area contributed by atoms with Crippen LogP contribution in [0.5, 0.6) is 0 Å². The van der Waals surface area contributed by atoms with Gasteiger partial charge in [0.05, 0.1) is 9.37 Å². The lowest BCUT2D eigenvalue weighted by Gasteiger charge is -2.29. The number of rotatable bonds is 3. The summed E-state index contributed by atoms with van der Waals surface area (Å²) in [5, 5.41) is 3.48. The van der Waals surface area contributed by atoms with Gasteiger partial charge in [0, 0.05) is 18.1 Å². The van der Waals surface area contributed by atoms with Crippen molar-refractivity contribution in [3.8, 4) is 0 Å². The number of piperidine rings is 1. The molecular formula is C14H19BrClFN2O2S. The van der Waals surface area contributed by atoms with Crippen molar-refractivity contribution in [1.82, 2.24) is 10.0 Å². The Labute approximate surface area is 144 Å². The van der Waals surface area contributed by atoms with Crippen molar-refractivity contribution in [1.29, 1.82) is 0 Å². The Bertz CT molecular complexity index is 659. The molecule has 0 aliphatic carbocycles. The van der Waals surface area contributed by atoms with Crippen molar-refractivity contribution in [2.75, 3.05) is 0 Å². The van der Waals surface area contributed by atoms with Crippen LogP contribution >= 0.6 is 28.3 Å². The summed E-state index contributed by atoms with van der Waals surface area (Å²) in [5.41, 5.74) is 0.417. The van der Waals surface area contributed by atoms with Crippen LogP contribution in [0.15, 0.2) is 21.5 Å². The van der Waals surface area contributed by atoms with Crippen LogP contribution in [0.1, 0.15) is 31.2 Å². The molecule has 2 unspecified atom stereocenters. The van der Waals surface area contributed by atoms with Crippen LogP contribution in [0.2, 0.25) is 0 Å². The molecule has 2 heterocycles. The highest BCUT2D eigenvalue weighted by atomic mass is 79.9. The fourth-order valence-electron chi connectivity index (χ4n) is 3.35. The molecule has 124 valence electrons. The summed E-state index contributed by atoms with van der Waals surface area (Å²) < 4.78 is 41.5. The first-order valence-electron chi connectivity index (χ1n) is 7.09. The largest absolute Gasteiger partial charge is 0.311 e. The Kier molecular flexibility index (Phi) is 5.54. The van der Waals surface area contributed by atoms with Gasteiger partial charge < -0.3 is 5.32 Å². The van der Waals surface area contributed by atoms with Crippen molar-refractivity contribution >= 4 is 38.4 Å². The molecule has 2 N–H and O–H groups in total. The average molecular weight is 414 g/mol. The van der Waals surface area contributed by atoms with E-state index in [1.165, 1.54) is 12.1 Å². The number of benzene rings is 1. The van der Waals surface area contributed by atoms with Crippen LogP contribution in [0.4, 0.5) is 4.39 Å². The first-order valence-corrected chi connectivity index (χ1v) is 9.37. The van der Waals surface area contributed by atoms with Crippen molar-refractivity contribution in [3.05, 3.63) is 28.0 Å². The standard InChI is InChI=1S/C14H18BrFN2O2S.ClH/c1-8-4-13(16)12(15)7-14(8)21(19,20)18-11-5-9-2-3-10(6-11)17-9;/h4,7,9-11,17-18H,2-3,5-6H2,1H3;1H. The average Bonchev–Trinajstić information content (AvgIpc) is 2.72. The molecule has 8 heteroatoms. The van der Waals surface area contributed by atoms with E-state index in [-0.39, 0.29) is 27.8 Å². The van der Waals surface area contributed by atoms with Gasteiger partial charge in [-0.3, -0.25) is 0 Å². The molecular weight excluding hydrogens is 395 g/mol. The summed E-state index contributed by atoms with van der Waals surface area (Å²) in [5.74, 6) is -0.452. The van der Waals surface area contributed by atoms with Crippen molar-refractivity contribution < 1.29 is 12.8 Å². The fraction of sp³-hybridized carbons (Fsp3) is 0.571. The Morgan fingerprint density at radius 2 is 1.86 bits per heavy atom. The molecule has 2 atom stereocenters. The Hall–Kier alpha value is -0.210. The van der Waals surface area contributed by atoms with E-state index in [0.717, 1.165) is 25.7 Å². The maximum absolute atomic E-state index is 13.4. The molecule has 0 saturated carbocycles. The zero-order valence-electron chi connectivity index (χ0n) is 12.1. The van der Waals surface area contributed by atoms with Crippen LogP contribution in [-0.4, -0.2) is 26.5 Å². The minimum atomic E-state index is -3.62. The number of sulfonamides is 1. The van der Waals surface area contributed by atoms with Gasteiger partial charge in [0.1, 0.15) is 5.82 Å². The lowest BCUT2D eigenvalue weighted by Crippen LogP contribution is -2.48. The maximum Gasteiger partial charge on any atom is 0.241 e. The van der Waals surface area contributed by atoms with Crippen LogP contribution in [0.3, 0.4) is 0 Å². The second-order valence-corrected chi connectivity index (χ2v) is 8.50. The Morgan fingerprint density at radius 3 is 2.45 bits per heavy atom. The van der Waals surface area contributed by atoms with E-state index in [0.29, 0.717) is 17.6 Å². The second-order valence-electron chi connectivity index (χ2n) is 5.96. The summed E-state index contributed by atoms with van der Waals surface area (Å²) in [6.45, 7) is 1.61. The van der Waals surface area contributed by atoms with Crippen molar-refractivity contribution in [3.63, 3.8) is 0 Å². The molecule has 22 heavy (non-hydrogen) atoms. The first-order chi connectivity index (χ1) is 9.85. The quantitative estimate of drug-likeness (QED) is 0.801. The van der Waals surface area contributed by atoms with E-state index < -0.39 is 15.8 Å². The van der Waals surface area contributed by atoms with E-state index in [1.54, 1.807) is 6.92 Å². The molecule has 3 rings (SSSR count).